The molecule has 3 aliphatic rings. The van der Waals surface area contributed by atoms with Crippen LogP contribution in [0.2, 0.25) is 0 Å². The standard InChI is InChI=1S/C18H34N4O/c1-19-18(22-13-15-5-3-4-6-16(15)14-22)20-9-10-21(11-12-23-2)17-7-8-17/h15-17H,3-14H2,1-2H3,(H,19,20). The van der Waals surface area contributed by atoms with Gasteiger partial charge in [-0.05, 0) is 37.5 Å². The topological polar surface area (TPSA) is 40.1 Å². The van der Waals surface area contributed by atoms with Crippen molar-refractivity contribution in [3.8, 4) is 0 Å². The van der Waals surface area contributed by atoms with Crippen LogP contribution in [0.25, 0.3) is 0 Å². The zero-order valence-electron chi connectivity index (χ0n) is 15.0. The lowest BCUT2D eigenvalue weighted by Gasteiger charge is -2.25. The minimum absolute atomic E-state index is 0.795. The first-order valence-electron chi connectivity index (χ1n) is 9.50. The molecule has 0 aromatic rings. The van der Waals surface area contributed by atoms with Gasteiger partial charge >= 0.3 is 0 Å². The van der Waals surface area contributed by atoms with Crippen LogP contribution in [0.3, 0.4) is 0 Å². The van der Waals surface area contributed by atoms with Crippen molar-refractivity contribution >= 4 is 5.96 Å². The van der Waals surface area contributed by atoms with E-state index >= 15 is 0 Å². The van der Waals surface area contributed by atoms with Crippen molar-refractivity contribution < 1.29 is 4.74 Å². The number of likely N-dealkylation sites (tertiary alicyclic amines) is 1. The molecule has 5 heteroatoms. The molecule has 3 fully saturated rings. The molecular weight excluding hydrogens is 288 g/mol. The second kappa shape index (κ2) is 8.34. The molecule has 0 spiro atoms. The van der Waals surface area contributed by atoms with E-state index in [-0.39, 0.29) is 0 Å². The number of hydrogen-bond acceptors (Lipinski definition) is 3. The normalized spacial score (nSPS) is 28.3. The summed E-state index contributed by atoms with van der Waals surface area (Å²) in [6, 6.07) is 0.795. The Bertz CT molecular complexity index is 382. The highest BCUT2D eigenvalue weighted by atomic mass is 16.5. The number of guanidine groups is 1. The summed E-state index contributed by atoms with van der Waals surface area (Å²) in [4.78, 5) is 9.60. The highest BCUT2D eigenvalue weighted by Crippen LogP contribution is 2.35. The lowest BCUT2D eigenvalue weighted by Crippen LogP contribution is -2.44. The Kier molecular flexibility index (Phi) is 6.17. The van der Waals surface area contributed by atoms with Crippen LogP contribution in [0, 0.1) is 11.8 Å². The first-order valence-corrected chi connectivity index (χ1v) is 9.50. The average Bonchev–Trinajstić information content (AvgIpc) is 3.32. The number of aliphatic imine (C=N–C) groups is 1. The van der Waals surface area contributed by atoms with E-state index in [1.807, 2.05) is 7.05 Å². The zero-order valence-corrected chi connectivity index (χ0v) is 15.0. The average molecular weight is 322 g/mol. The molecule has 0 aromatic heterocycles. The maximum absolute atomic E-state index is 5.24. The van der Waals surface area contributed by atoms with Gasteiger partial charge in [-0.2, -0.15) is 0 Å². The van der Waals surface area contributed by atoms with E-state index in [1.54, 1.807) is 7.11 Å². The predicted octanol–water partition coefficient (Wildman–Crippen LogP) is 1.79. The van der Waals surface area contributed by atoms with Crippen LogP contribution < -0.4 is 5.32 Å². The Morgan fingerprint density at radius 1 is 1.13 bits per heavy atom. The number of rotatable bonds is 7. The molecule has 5 nitrogen and oxygen atoms in total. The maximum atomic E-state index is 5.24. The van der Waals surface area contributed by atoms with E-state index in [2.05, 4.69) is 20.1 Å². The fourth-order valence-corrected chi connectivity index (χ4v) is 4.35. The molecule has 2 unspecified atom stereocenters. The molecule has 23 heavy (non-hydrogen) atoms. The van der Waals surface area contributed by atoms with Crippen LogP contribution in [0.4, 0.5) is 0 Å². The molecule has 3 rings (SSSR count). The van der Waals surface area contributed by atoms with Crippen LogP contribution in [-0.4, -0.2) is 75.3 Å². The van der Waals surface area contributed by atoms with Gasteiger partial charge in [0.05, 0.1) is 6.61 Å². The van der Waals surface area contributed by atoms with Crippen molar-refractivity contribution in [2.24, 2.45) is 16.8 Å². The molecule has 2 saturated carbocycles. The van der Waals surface area contributed by atoms with Crippen LogP contribution in [-0.2, 0) is 4.74 Å². The molecule has 1 heterocycles. The van der Waals surface area contributed by atoms with Gasteiger partial charge in [0.1, 0.15) is 0 Å². The molecule has 0 bridgehead atoms. The van der Waals surface area contributed by atoms with Crippen LogP contribution in [0.5, 0.6) is 0 Å². The highest BCUT2D eigenvalue weighted by Gasteiger charge is 2.35. The first-order chi connectivity index (χ1) is 11.3. The molecule has 1 aliphatic heterocycles. The minimum Gasteiger partial charge on any atom is -0.383 e. The summed E-state index contributed by atoms with van der Waals surface area (Å²) in [6.45, 7) is 6.38. The van der Waals surface area contributed by atoms with Crippen LogP contribution in [0.1, 0.15) is 38.5 Å². The number of fused-ring (bicyclic) bond motifs is 1. The fraction of sp³-hybridized carbons (Fsp3) is 0.944. The number of ether oxygens (including phenoxy) is 1. The van der Waals surface area contributed by atoms with E-state index in [4.69, 9.17) is 4.74 Å². The van der Waals surface area contributed by atoms with E-state index in [9.17, 15) is 0 Å². The van der Waals surface area contributed by atoms with E-state index in [0.29, 0.717) is 0 Å². The SMILES string of the molecule is CN=C(NCCN(CCOC)C1CC1)N1CC2CCCCC2C1. The summed E-state index contributed by atoms with van der Waals surface area (Å²) in [5.74, 6) is 2.93. The van der Waals surface area contributed by atoms with Gasteiger partial charge in [0, 0.05) is 52.9 Å². The van der Waals surface area contributed by atoms with Crippen molar-refractivity contribution in [1.29, 1.82) is 0 Å². The summed E-state index contributed by atoms with van der Waals surface area (Å²) < 4.78 is 5.24. The Morgan fingerprint density at radius 2 is 1.83 bits per heavy atom. The first kappa shape index (κ1) is 17.0. The number of nitrogens with zero attached hydrogens (tertiary/aromatic N) is 3. The Hall–Kier alpha value is -0.810. The molecule has 0 radical (unpaired) electrons. The van der Waals surface area contributed by atoms with Crippen molar-refractivity contribution in [3.05, 3.63) is 0 Å². The van der Waals surface area contributed by atoms with Gasteiger partial charge in [0.25, 0.3) is 0 Å². The number of hydrogen-bond donors (Lipinski definition) is 1. The molecule has 1 N–H and O–H groups in total. The molecule has 132 valence electrons. The quantitative estimate of drug-likeness (QED) is 0.573. The van der Waals surface area contributed by atoms with Crippen molar-refractivity contribution in [2.45, 2.75) is 44.6 Å². The van der Waals surface area contributed by atoms with Gasteiger partial charge in [-0.15, -0.1) is 0 Å². The molecular formula is C18H34N4O. The highest BCUT2D eigenvalue weighted by molar-refractivity contribution is 5.80. The molecule has 0 aromatic carbocycles. The van der Waals surface area contributed by atoms with Crippen LogP contribution in [0.15, 0.2) is 4.99 Å². The summed E-state index contributed by atoms with van der Waals surface area (Å²) >= 11 is 0. The van der Waals surface area contributed by atoms with Gasteiger partial charge in [-0.1, -0.05) is 12.8 Å². The van der Waals surface area contributed by atoms with E-state index in [0.717, 1.165) is 50.1 Å². The lowest BCUT2D eigenvalue weighted by molar-refractivity contribution is 0.144. The molecule has 1 saturated heterocycles. The monoisotopic (exact) mass is 322 g/mol. The summed E-state index contributed by atoms with van der Waals surface area (Å²) in [5, 5.41) is 3.60. The van der Waals surface area contributed by atoms with Gasteiger partial charge in [0.15, 0.2) is 5.96 Å². The maximum Gasteiger partial charge on any atom is 0.193 e. The summed E-state index contributed by atoms with van der Waals surface area (Å²) in [7, 11) is 3.71. The minimum atomic E-state index is 0.795. The molecule has 2 aliphatic carbocycles. The lowest BCUT2D eigenvalue weighted by atomic mass is 9.82. The second-order valence-electron chi connectivity index (χ2n) is 7.44. The van der Waals surface area contributed by atoms with Crippen molar-refractivity contribution in [2.75, 3.05) is 53.5 Å². The van der Waals surface area contributed by atoms with Gasteiger partial charge < -0.3 is 15.0 Å². The fourth-order valence-electron chi connectivity index (χ4n) is 4.35. The largest absolute Gasteiger partial charge is 0.383 e. The van der Waals surface area contributed by atoms with Crippen LogP contribution >= 0.6 is 0 Å². The third kappa shape index (κ3) is 4.60. The predicted molar refractivity (Wildman–Crippen MR) is 94.9 cm³/mol. The Morgan fingerprint density at radius 3 is 2.39 bits per heavy atom. The third-order valence-corrected chi connectivity index (χ3v) is 5.82. The van der Waals surface area contributed by atoms with E-state index in [1.165, 1.54) is 51.6 Å². The third-order valence-electron chi connectivity index (χ3n) is 5.82. The van der Waals surface area contributed by atoms with Crippen molar-refractivity contribution in [1.82, 2.24) is 15.1 Å². The smallest absolute Gasteiger partial charge is 0.193 e. The second-order valence-corrected chi connectivity index (χ2v) is 7.44. The van der Waals surface area contributed by atoms with Gasteiger partial charge in [0.2, 0.25) is 0 Å². The number of methoxy groups -OCH3 is 1. The van der Waals surface area contributed by atoms with Gasteiger partial charge in [-0.3, -0.25) is 9.89 Å². The van der Waals surface area contributed by atoms with Crippen molar-refractivity contribution in [3.63, 3.8) is 0 Å². The molecule has 2 atom stereocenters. The van der Waals surface area contributed by atoms with Gasteiger partial charge in [-0.25, -0.2) is 0 Å². The summed E-state index contributed by atoms with van der Waals surface area (Å²) in [6.07, 6.45) is 8.41. The van der Waals surface area contributed by atoms with E-state index < -0.39 is 0 Å². The zero-order chi connectivity index (χ0) is 16.1. The Labute approximate surface area is 141 Å². The Balaban J connectivity index is 1.42. The number of nitrogens with one attached hydrogen (secondary N) is 1. The summed E-state index contributed by atoms with van der Waals surface area (Å²) in [5.41, 5.74) is 0. The molecule has 0 amide bonds.